The molecule has 1 aromatic carbocycles. The van der Waals surface area contributed by atoms with Crippen molar-refractivity contribution in [3.63, 3.8) is 0 Å². The van der Waals surface area contributed by atoms with Crippen molar-refractivity contribution in [3.8, 4) is 11.6 Å². The van der Waals surface area contributed by atoms with E-state index in [9.17, 15) is 4.79 Å². The van der Waals surface area contributed by atoms with Gasteiger partial charge in [0.15, 0.2) is 0 Å². The number of nitrogens with zero attached hydrogens (tertiary/aromatic N) is 1. The highest BCUT2D eigenvalue weighted by Crippen LogP contribution is 2.30. The highest BCUT2D eigenvalue weighted by molar-refractivity contribution is 6.30. The number of rotatable bonds is 4. The molecule has 21 heavy (non-hydrogen) atoms. The van der Waals surface area contributed by atoms with Gasteiger partial charge in [-0.3, -0.25) is 0 Å². The molecule has 0 amide bonds. The van der Waals surface area contributed by atoms with E-state index >= 15 is 0 Å². The molecule has 0 aliphatic carbocycles. The van der Waals surface area contributed by atoms with E-state index in [1.165, 1.54) is 6.20 Å². The summed E-state index contributed by atoms with van der Waals surface area (Å²) >= 11 is 5.99. The normalized spacial score (nSPS) is 10.3. The Labute approximate surface area is 128 Å². The van der Waals surface area contributed by atoms with E-state index in [0.717, 1.165) is 16.9 Å². The first kappa shape index (κ1) is 15.3. The number of esters is 1. The summed E-state index contributed by atoms with van der Waals surface area (Å²) in [6, 6.07) is 6.92. The third-order valence-electron chi connectivity index (χ3n) is 2.88. The van der Waals surface area contributed by atoms with Crippen molar-refractivity contribution < 1.29 is 14.3 Å². The highest BCUT2D eigenvalue weighted by atomic mass is 35.5. The lowest BCUT2D eigenvalue weighted by Crippen LogP contribution is -2.05. The molecule has 1 heterocycles. The van der Waals surface area contributed by atoms with Crippen LogP contribution in [-0.2, 0) is 4.74 Å². The molecule has 0 radical (unpaired) electrons. The van der Waals surface area contributed by atoms with Crippen LogP contribution in [0.3, 0.4) is 0 Å². The quantitative estimate of drug-likeness (QED) is 0.789. The van der Waals surface area contributed by atoms with Crippen LogP contribution in [-0.4, -0.2) is 17.6 Å². The standard InChI is InChI=1S/C16H16ClNO3/c1-4-20-16(19)12-5-6-14(18-9-12)21-15-10(2)7-13(17)8-11(15)3/h5-9H,4H2,1-3H3. The lowest BCUT2D eigenvalue weighted by molar-refractivity contribution is 0.0526. The molecule has 0 bridgehead atoms. The summed E-state index contributed by atoms with van der Waals surface area (Å²) in [6.07, 6.45) is 1.44. The topological polar surface area (TPSA) is 48.4 Å². The summed E-state index contributed by atoms with van der Waals surface area (Å²) in [5, 5.41) is 0.669. The number of halogens is 1. The molecule has 0 unspecified atom stereocenters. The van der Waals surface area contributed by atoms with E-state index in [4.69, 9.17) is 21.1 Å². The van der Waals surface area contributed by atoms with Crippen LogP contribution in [0.25, 0.3) is 0 Å². The van der Waals surface area contributed by atoms with E-state index < -0.39 is 5.97 Å². The largest absolute Gasteiger partial charge is 0.462 e. The summed E-state index contributed by atoms with van der Waals surface area (Å²) in [5.74, 6) is 0.739. The predicted molar refractivity (Wildman–Crippen MR) is 81.2 cm³/mol. The number of ether oxygens (including phenoxy) is 2. The Morgan fingerprint density at radius 2 is 1.90 bits per heavy atom. The van der Waals surface area contributed by atoms with E-state index in [-0.39, 0.29) is 0 Å². The van der Waals surface area contributed by atoms with Crippen LogP contribution < -0.4 is 4.74 Å². The van der Waals surface area contributed by atoms with Gasteiger partial charge in [0.1, 0.15) is 5.75 Å². The molecule has 0 aliphatic rings. The Balaban J connectivity index is 2.19. The van der Waals surface area contributed by atoms with Crippen LogP contribution in [0.5, 0.6) is 11.6 Å². The lowest BCUT2D eigenvalue weighted by atomic mass is 10.1. The van der Waals surface area contributed by atoms with Crippen molar-refractivity contribution >= 4 is 17.6 Å². The van der Waals surface area contributed by atoms with Crippen molar-refractivity contribution in [2.24, 2.45) is 0 Å². The Hall–Kier alpha value is -2.07. The van der Waals surface area contributed by atoms with E-state index in [2.05, 4.69) is 4.98 Å². The van der Waals surface area contributed by atoms with Gasteiger partial charge in [0.2, 0.25) is 5.88 Å². The monoisotopic (exact) mass is 305 g/mol. The summed E-state index contributed by atoms with van der Waals surface area (Å²) < 4.78 is 10.7. The Morgan fingerprint density at radius 3 is 2.43 bits per heavy atom. The first-order valence-corrected chi connectivity index (χ1v) is 6.97. The molecule has 110 valence electrons. The zero-order chi connectivity index (χ0) is 15.4. The lowest BCUT2D eigenvalue weighted by Gasteiger charge is -2.11. The molecule has 0 aliphatic heterocycles. The second-order valence-electron chi connectivity index (χ2n) is 4.58. The van der Waals surface area contributed by atoms with Gasteiger partial charge in [-0.25, -0.2) is 9.78 Å². The first-order chi connectivity index (χ1) is 10.0. The average Bonchev–Trinajstić information content (AvgIpc) is 2.43. The van der Waals surface area contributed by atoms with E-state index in [1.807, 2.05) is 26.0 Å². The van der Waals surface area contributed by atoms with Crippen LogP contribution in [0.1, 0.15) is 28.4 Å². The number of aromatic nitrogens is 1. The van der Waals surface area contributed by atoms with Crippen LogP contribution in [0, 0.1) is 13.8 Å². The van der Waals surface area contributed by atoms with Gasteiger partial charge in [-0.2, -0.15) is 0 Å². The molecule has 2 aromatic rings. The molecule has 2 rings (SSSR count). The molecule has 0 saturated carbocycles. The molecule has 5 heteroatoms. The Morgan fingerprint density at radius 1 is 1.24 bits per heavy atom. The van der Waals surface area contributed by atoms with Gasteiger partial charge in [0, 0.05) is 17.3 Å². The van der Waals surface area contributed by atoms with Crippen LogP contribution in [0.2, 0.25) is 5.02 Å². The minimum absolute atomic E-state index is 0.334. The van der Waals surface area contributed by atoms with Gasteiger partial charge in [0.25, 0.3) is 0 Å². The molecule has 0 saturated heterocycles. The molecular weight excluding hydrogens is 290 g/mol. The fourth-order valence-electron chi connectivity index (χ4n) is 1.94. The fraction of sp³-hybridized carbons (Fsp3) is 0.250. The number of pyridine rings is 1. The SMILES string of the molecule is CCOC(=O)c1ccc(Oc2c(C)cc(Cl)cc2C)nc1. The fourth-order valence-corrected chi connectivity index (χ4v) is 2.27. The maximum absolute atomic E-state index is 11.5. The Bertz CT molecular complexity index is 630. The maximum atomic E-state index is 11.5. The zero-order valence-electron chi connectivity index (χ0n) is 12.1. The predicted octanol–water partition coefficient (Wildman–Crippen LogP) is 4.32. The van der Waals surface area contributed by atoms with Gasteiger partial charge < -0.3 is 9.47 Å². The zero-order valence-corrected chi connectivity index (χ0v) is 12.9. The third-order valence-corrected chi connectivity index (χ3v) is 3.10. The first-order valence-electron chi connectivity index (χ1n) is 6.59. The molecule has 0 fully saturated rings. The van der Waals surface area contributed by atoms with Crippen LogP contribution >= 0.6 is 11.6 Å². The summed E-state index contributed by atoms with van der Waals surface area (Å²) in [5.41, 5.74) is 2.25. The molecule has 0 atom stereocenters. The minimum Gasteiger partial charge on any atom is -0.462 e. The minimum atomic E-state index is -0.393. The summed E-state index contributed by atoms with van der Waals surface area (Å²) in [7, 11) is 0. The summed E-state index contributed by atoms with van der Waals surface area (Å²) in [4.78, 5) is 15.7. The van der Waals surface area contributed by atoms with Crippen LogP contribution in [0.15, 0.2) is 30.5 Å². The molecule has 1 aromatic heterocycles. The van der Waals surface area contributed by atoms with E-state index in [1.54, 1.807) is 19.1 Å². The molecule has 4 nitrogen and oxygen atoms in total. The van der Waals surface area contributed by atoms with Gasteiger partial charge in [0.05, 0.1) is 12.2 Å². The van der Waals surface area contributed by atoms with Crippen molar-refractivity contribution in [1.29, 1.82) is 0 Å². The Kier molecular flexibility index (Phi) is 4.81. The number of carbonyl (C=O) groups is 1. The number of aryl methyl sites for hydroxylation is 2. The smallest absolute Gasteiger partial charge is 0.339 e. The molecule has 0 spiro atoms. The maximum Gasteiger partial charge on any atom is 0.339 e. The molecule has 0 N–H and O–H groups in total. The van der Waals surface area contributed by atoms with Crippen molar-refractivity contribution in [3.05, 3.63) is 52.2 Å². The van der Waals surface area contributed by atoms with Gasteiger partial charge in [-0.05, 0) is 50.1 Å². The second-order valence-corrected chi connectivity index (χ2v) is 5.01. The van der Waals surface area contributed by atoms with Gasteiger partial charge in [-0.15, -0.1) is 0 Å². The number of carbonyl (C=O) groups excluding carboxylic acids is 1. The number of hydrogen-bond acceptors (Lipinski definition) is 4. The number of hydrogen-bond donors (Lipinski definition) is 0. The van der Waals surface area contributed by atoms with Crippen molar-refractivity contribution in [2.45, 2.75) is 20.8 Å². The molecular formula is C16H16ClNO3. The van der Waals surface area contributed by atoms with Crippen LogP contribution in [0.4, 0.5) is 0 Å². The third kappa shape index (κ3) is 3.73. The van der Waals surface area contributed by atoms with Gasteiger partial charge in [-0.1, -0.05) is 11.6 Å². The second kappa shape index (κ2) is 6.59. The average molecular weight is 306 g/mol. The van der Waals surface area contributed by atoms with Crippen molar-refractivity contribution in [2.75, 3.05) is 6.61 Å². The number of benzene rings is 1. The van der Waals surface area contributed by atoms with Gasteiger partial charge >= 0.3 is 5.97 Å². The highest BCUT2D eigenvalue weighted by Gasteiger charge is 2.10. The summed E-state index contributed by atoms with van der Waals surface area (Å²) in [6.45, 7) is 5.93. The van der Waals surface area contributed by atoms with E-state index in [0.29, 0.717) is 23.1 Å². The van der Waals surface area contributed by atoms with Crippen molar-refractivity contribution in [1.82, 2.24) is 4.98 Å².